The quantitative estimate of drug-likeness (QED) is 0.238. The molecular weight excluding hydrogens is 497 g/mol. The molecular formula is C26H34FN5O6. The molecule has 0 bridgehead atoms. The number of rotatable bonds is 13. The van der Waals surface area contributed by atoms with Crippen LogP contribution in [0, 0.1) is 17.1 Å². The van der Waals surface area contributed by atoms with Gasteiger partial charge in [0, 0.05) is 17.8 Å². The SMILES string of the molecule is COc1ccc(F)cc1C(Cn1cc(C=NOC(C)C)c(=O)n(C(C)C(=O)NC(C)C)c1=O)OCCC#N. The topological polar surface area (TPSA) is 137 Å². The van der Waals surface area contributed by atoms with E-state index in [0.717, 1.165) is 10.8 Å². The number of nitrogens with zero attached hydrogens (tertiary/aromatic N) is 4. The second kappa shape index (κ2) is 14.1. The van der Waals surface area contributed by atoms with Crippen molar-refractivity contribution in [2.45, 2.75) is 71.9 Å². The molecule has 2 atom stereocenters. The number of benzene rings is 1. The largest absolute Gasteiger partial charge is 0.496 e. The van der Waals surface area contributed by atoms with E-state index in [9.17, 15) is 18.8 Å². The van der Waals surface area contributed by atoms with E-state index in [1.54, 1.807) is 27.7 Å². The van der Waals surface area contributed by atoms with Crippen LogP contribution in [0.2, 0.25) is 0 Å². The number of carbonyl (C=O) groups excluding carboxylic acids is 1. The van der Waals surface area contributed by atoms with Crippen molar-refractivity contribution >= 4 is 12.1 Å². The Bertz CT molecular complexity index is 1290. The summed E-state index contributed by atoms with van der Waals surface area (Å²) in [5.41, 5.74) is -1.23. The molecule has 0 aliphatic carbocycles. The lowest BCUT2D eigenvalue weighted by Crippen LogP contribution is -2.48. The molecule has 0 saturated carbocycles. The van der Waals surface area contributed by atoms with Gasteiger partial charge in [-0.25, -0.2) is 13.8 Å². The fourth-order valence-corrected chi connectivity index (χ4v) is 3.56. The van der Waals surface area contributed by atoms with Gasteiger partial charge in [-0.05, 0) is 52.8 Å². The molecule has 2 rings (SSSR count). The molecule has 0 aliphatic rings. The average Bonchev–Trinajstić information content (AvgIpc) is 2.85. The lowest BCUT2D eigenvalue weighted by atomic mass is 10.1. The summed E-state index contributed by atoms with van der Waals surface area (Å²) in [7, 11) is 1.41. The first-order valence-electron chi connectivity index (χ1n) is 12.2. The highest BCUT2D eigenvalue weighted by atomic mass is 19.1. The minimum absolute atomic E-state index is 0.00103. The van der Waals surface area contributed by atoms with Crippen molar-refractivity contribution in [3.8, 4) is 11.8 Å². The van der Waals surface area contributed by atoms with Crippen LogP contribution in [0.1, 0.15) is 64.3 Å². The molecule has 0 fully saturated rings. The van der Waals surface area contributed by atoms with Gasteiger partial charge in [-0.3, -0.25) is 14.2 Å². The molecule has 206 valence electrons. The summed E-state index contributed by atoms with van der Waals surface area (Å²) in [5, 5.41) is 15.5. The summed E-state index contributed by atoms with van der Waals surface area (Å²) in [6.45, 7) is 8.27. The zero-order chi connectivity index (χ0) is 28.4. The highest BCUT2D eigenvalue weighted by molar-refractivity contribution is 5.81. The Morgan fingerprint density at radius 1 is 1.24 bits per heavy atom. The molecule has 0 spiro atoms. The Morgan fingerprint density at radius 2 is 1.95 bits per heavy atom. The molecule has 1 amide bonds. The first-order valence-corrected chi connectivity index (χ1v) is 12.2. The van der Waals surface area contributed by atoms with E-state index in [2.05, 4.69) is 10.5 Å². The Balaban J connectivity index is 2.68. The van der Waals surface area contributed by atoms with Gasteiger partial charge in [0.1, 0.15) is 29.8 Å². The van der Waals surface area contributed by atoms with Gasteiger partial charge in [0.05, 0.1) is 44.5 Å². The van der Waals surface area contributed by atoms with E-state index >= 15 is 0 Å². The number of methoxy groups -OCH3 is 1. The van der Waals surface area contributed by atoms with Gasteiger partial charge in [0.2, 0.25) is 5.91 Å². The maximum atomic E-state index is 14.2. The van der Waals surface area contributed by atoms with E-state index in [1.807, 2.05) is 6.07 Å². The van der Waals surface area contributed by atoms with Crippen molar-refractivity contribution < 1.29 is 23.5 Å². The normalized spacial score (nSPS) is 12.9. The number of nitriles is 1. The molecule has 12 heteroatoms. The molecule has 1 N–H and O–H groups in total. The Labute approximate surface area is 220 Å². The first-order chi connectivity index (χ1) is 18.0. The number of nitrogens with one attached hydrogen (secondary N) is 1. The standard InChI is InChI=1S/C26H34FN5O6/c1-16(2)30-24(33)18(5)32-25(34)19(13-29-38-17(3)4)14-31(26(32)35)15-23(37-11-7-10-28)21-12-20(27)8-9-22(21)36-6/h8-9,12-14,16-18,23H,7,11,15H2,1-6H3,(H,30,33). The van der Waals surface area contributed by atoms with Crippen LogP contribution in [0.3, 0.4) is 0 Å². The zero-order valence-corrected chi connectivity index (χ0v) is 22.4. The van der Waals surface area contributed by atoms with Crippen molar-refractivity contribution in [2.75, 3.05) is 13.7 Å². The second-order valence-electron chi connectivity index (χ2n) is 9.08. The fourth-order valence-electron chi connectivity index (χ4n) is 3.56. The smallest absolute Gasteiger partial charge is 0.331 e. The molecule has 2 aromatic rings. The molecule has 0 saturated heterocycles. The lowest BCUT2D eigenvalue weighted by Gasteiger charge is -2.23. The molecule has 1 aromatic carbocycles. The maximum absolute atomic E-state index is 14.2. The lowest BCUT2D eigenvalue weighted by molar-refractivity contribution is -0.124. The molecule has 2 unspecified atom stereocenters. The number of aromatic nitrogens is 2. The van der Waals surface area contributed by atoms with E-state index in [1.165, 1.54) is 43.0 Å². The zero-order valence-electron chi connectivity index (χ0n) is 22.4. The highest BCUT2D eigenvalue weighted by Gasteiger charge is 2.25. The number of hydrogen-bond acceptors (Lipinski definition) is 8. The predicted molar refractivity (Wildman–Crippen MR) is 139 cm³/mol. The van der Waals surface area contributed by atoms with Gasteiger partial charge in [0.25, 0.3) is 5.56 Å². The average molecular weight is 532 g/mol. The minimum atomic E-state index is -1.15. The summed E-state index contributed by atoms with van der Waals surface area (Å²) in [4.78, 5) is 44.7. The van der Waals surface area contributed by atoms with Gasteiger partial charge in [-0.15, -0.1) is 0 Å². The summed E-state index contributed by atoms with van der Waals surface area (Å²) in [6.07, 6.45) is 1.30. The molecule has 0 radical (unpaired) electrons. The van der Waals surface area contributed by atoms with Crippen LogP contribution >= 0.6 is 0 Å². The van der Waals surface area contributed by atoms with Crippen LogP contribution in [0.15, 0.2) is 39.1 Å². The second-order valence-corrected chi connectivity index (χ2v) is 9.08. The van der Waals surface area contributed by atoms with Crippen molar-refractivity contribution in [2.24, 2.45) is 5.16 Å². The van der Waals surface area contributed by atoms with E-state index < -0.39 is 35.1 Å². The molecule has 0 aliphatic heterocycles. The third kappa shape index (κ3) is 8.01. The third-order valence-corrected chi connectivity index (χ3v) is 5.31. The van der Waals surface area contributed by atoms with Crippen LogP contribution in [0.25, 0.3) is 0 Å². The van der Waals surface area contributed by atoms with Crippen LogP contribution < -0.4 is 21.3 Å². The number of halogens is 1. The molecule has 38 heavy (non-hydrogen) atoms. The molecule has 11 nitrogen and oxygen atoms in total. The van der Waals surface area contributed by atoms with Crippen LogP contribution in [0.5, 0.6) is 5.75 Å². The Morgan fingerprint density at radius 3 is 2.55 bits per heavy atom. The van der Waals surface area contributed by atoms with Crippen LogP contribution in [-0.2, 0) is 20.9 Å². The molecule has 1 heterocycles. The summed E-state index contributed by atoms with van der Waals surface area (Å²) >= 11 is 0. The predicted octanol–water partition coefficient (Wildman–Crippen LogP) is 2.67. The van der Waals surface area contributed by atoms with Gasteiger partial charge >= 0.3 is 5.69 Å². The summed E-state index contributed by atoms with van der Waals surface area (Å²) in [5.74, 6) is -0.761. The van der Waals surface area contributed by atoms with Gasteiger partial charge < -0.3 is 19.6 Å². The number of ether oxygens (including phenoxy) is 2. The minimum Gasteiger partial charge on any atom is -0.496 e. The first kappa shape index (κ1) is 30.2. The summed E-state index contributed by atoms with van der Waals surface area (Å²) in [6, 6.07) is 4.47. The van der Waals surface area contributed by atoms with Crippen molar-refractivity contribution in [3.05, 3.63) is 62.2 Å². The van der Waals surface area contributed by atoms with Crippen molar-refractivity contribution in [3.63, 3.8) is 0 Å². The summed E-state index contributed by atoms with van der Waals surface area (Å²) < 4.78 is 27.4. The third-order valence-electron chi connectivity index (χ3n) is 5.31. The number of hydrogen-bond donors (Lipinski definition) is 1. The van der Waals surface area contributed by atoms with Crippen molar-refractivity contribution in [1.82, 2.24) is 14.5 Å². The monoisotopic (exact) mass is 531 g/mol. The number of carbonyl (C=O) groups is 1. The van der Waals surface area contributed by atoms with Gasteiger partial charge in [-0.1, -0.05) is 5.16 Å². The van der Waals surface area contributed by atoms with Gasteiger partial charge in [0.15, 0.2) is 0 Å². The van der Waals surface area contributed by atoms with Crippen LogP contribution in [0.4, 0.5) is 4.39 Å². The van der Waals surface area contributed by atoms with Crippen LogP contribution in [-0.4, -0.2) is 47.1 Å². The van der Waals surface area contributed by atoms with E-state index in [-0.39, 0.29) is 37.3 Å². The van der Waals surface area contributed by atoms with Gasteiger partial charge in [-0.2, -0.15) is 5.26 Å². The maximum Gasteiger partial charge on any atom is 0.331 e. The van der Waals surface area contributed by atoms with E-state index in [4.69, 9.17) is 19.6 Å². The molecule has 1 aromatic heterocycles. The number of oxime groups is 1. The van der Waals surface area contributed by atoms with E-state index in [0.29, 0.717) is 11.3 Å². The fraction of sp³-hybridized carbons (Fsp3) is 0.500. The Kier molecular flexibility index (Phi) is 11.2. The number of amides is 1. The van der Waals surface area contributed by atoms with Crippen molar-refractivity contribution in [1.29, 1.82) is 5.26 Å². The Hall–Kier alpha value is -3.98. The highest BCUT2D eigenvalue weighted by Crippen LogP contribution is 2.30.